The quantitative estimate of drug-likeness (QED) is 0.914. The number of amides is 2. The fourth-order valence-electron chi connectivity index (χ4n) is 2.71. The predicted molar refractivity (Wildman–Crippen MR) is 97.2 cm³/mol. The van der Waals surface area contributed by atoms with Crippen LogP contribution in [0.4, 0.5) is 5.69 Å². The summed E-state index contributed by atoms with van der Waals surface area (Å²) in [5.74, 6) is -0.272. The first-order chi connectivity index (χ1) is 12.0. The molecule has 6 heteroatoms. The zero-order valence-corrected chi connectivity index (χ0v) is 14.6. The van der Waals surface area contributed by atoms with E-state index in [0.717, 1.165) is 0 Å². The average Bonchev–Trinajstić information content (AvgIpc) is 2.62. The molecule has 5 nitrogen and oxygen atoms in total. The SMILES string of the molecule is CC1CN(C(=O)c2ccc(NC(=O)c3cccc(Cl)c3)cc2)CCO1. The highest BCUT2D eigenvalue weighted by Gasteiger charge is 2.22. The van der Waals surface area contributed by atoms with E-state index >= 15 is 0 Å². The van der Waals surface area contributed by atoms with Crippen molar-refractivity contribution >= 4 is 29.1 Å². The van der Waals surface area contributed by atoms with Crippen LogP contribution in [0.25, 0.3) is 0 Å². The van der Waals surface area contributed by atoms with E-state index in [1.54, 1.807) is 53.4 Å². The highest BCUT2D eigenvalue weighted by molar-refractivity contribution is 6.31. The number of ether oxygens (including phenoxy) is 1. The summed E-state index contributed by atoms with van der Waals surface area (Å²) in [5.41, 5.74) is 1.70. The van der Waals surface area contributed by atoms with Gasteiger partial charge in [-0.3, -0.25) is 9.59 Å². The zero-order chi connectivity index (χ0) is 17.8. The normalized spacial score (nSPS) is 17.2. The number of benzene rings is 2. The fourth-order valence-corrected chi connectivity index (χ4v) is 2.90. The van der Waals surface area contributed by atoms with Crippen LogP contribution in [0.3, 0.4) is 0 Å². The first kappa shape index (κ1) is 17.5. The molecule has 0 bridgehead atoms. The van der Waals surface area contributed by atoms with Gasteiger partial charge in [0, 0.05) is 34.9 Å². The lowest BCUT2D eigenvalue weighted by Gasteiger charge is -2.31. The third-order valence-electron chi connectivity index (χ3n) is 4.00. The van der Waals surface area contributed by atoms with Crippen LogP contribution < -0.4 is 5.32 Å². The van der Waals surface area contributed by atoms with Crippen LogP contribution in [0.5, 0.6) is 0 Å². The molecule has 1 saturated heterocycles. The van der Waals surface area contributed by atoms with E-state index in [9.17, 15) is 9.59 Å². The van der Waals surface area contributed by atoms with Crippen molar-refractivity contribution in [1.29, 1.82) is 0 Å². The maximum Gasteiger partial charge on any atom is 0.255 e. The lowest BCUT2D eigenvalue weighted by Crippen LogP contribution is -2.44. The van der Waals surface area contributed by atoms with Gasteiger partial charge in [0.05, 0.1) is 12.7 Å². The molecule has 1 aliphatic rings. The minimum absolute atomic E-state index is 0.0251. The molecule has 2 aromatic rings. The van der Waals surface area contributed by atoms with E-state index in [-0.39, 0.29) is 17.9 Å². The molecule has 1 aliphatic heterocycles. The van der Waals surface area contributed by atoms with Gasteiger partial charge in [-0.25, -0.2) is 0 Å². The molecule has 2 amide bonds. The number of nitrogens with one attached hydrogen (secondary N) is 1. The van der Waals surface area contributed by atoms with E-state index in [1.807, 2.05) is 6.92 Å². The van der Waals surface area contributed by atoms with Crippen molar-refractivity contribution in [2.24, 2.45) is 0 Å². The fraction of sp³-hybridized carbons (Fsp3) is 0.263. The number of anilines is 1. The van der Waals surface area contributed by atoms with Gasteiger partial charge < -0.3 is 15.0 Å². The summed E-state index contributed by atoms with van der Waals surface area (Å²) in [4.78, 5) is 26.5. The summed E-state index contributed by atoms with van der Waals surface area (Å²) in [6.45, 7) is 3.69. The standard InChI is InChI=1S/C19H19ClN2O3/c1-13-12-22(9-10-25-13)19(24)14-5-7-17(8-6-14)21-18(23)15-3-2-4-16(20)11-15/h2-8,11,13H,9-10,12H2,1H3,(H,21,23). The van der Waals surface area contributed by atoms with Gasteiger partial charge in [-0.2, -0.15) is 0 Å². The van der Waals surface area contributed by atoms with Gasteiger partial charge in [-0.15, -0.1) is 0 Å². The summed E-state index contributed by atoms with van der Waals surface area (Å²) < 4.78 is 5.46. The number of halogens is 1. The molecular weight excluding hydrogens is 340 g/mol. The number of nitrogens with zero attached hydrogens (tertiary/aromatic N) is 1. The predicted octanol–water partition coefficient (Wildman–Crippen LogP) is 3.45. The largest absolute Gasteiger partial charge is 0.375 e. The van der Waals surface area contributed by atoms with Crippen LogP contribution in [0.15, 0.2) is 48.5 Å². The van der Waals surface area contributed by atoms with E-state index in [0.29, 0.717) is 41.5 Å². The first-order valence-electron chi connectivity index (χ1n) is 8.11. The van der Waals surface area contributed by atoms with E-state index in [4.69, 9.17) is 16.3 Å². The van der Waals surface area contributed by atoms with E-state index in [2.05, 4.69) is 5.32 Å². The summed E-state index contributed by atoms with van der Waals surface area (Å²) in [7, 11) is 0. The molecule has 0 aromatic heterocycles. The van der Waals surface area contributed by atoms with Gasteiger partial charge in [-0.1, -0.05) is 17.7 Å². The van der Waals surface area contributed by atoms with Crippen LogP contribution in [0.2, 0.25) is 5.02 Å². The Morgan fingerprint density at radius 2 is 1.92 bits per heavy atom. The zero-order valence-electron chi connectivity index (χ0n) is 13.9. The summed E-state index contributed by atoms with van der Waals surface area (Å²) in [5, 5.41) is 3.30. The van der Waals surface area contributed by atoms with Crippen LogP contribution >= 0.6 is 11.6 Å². The van der Waals surface area contributed by atoms with Gasteiger partial charge in [0.2, 0.25) is 0 Å². The molecule has 0 saturated carbocycles. The third kappa shape index (κ3) is 4.38. The number of rotatable bonds is 3. The van der Waals surface area contributed by atoms with Crippen LogP contribution in [0, 0.1) is 0 Å². The van der Waals surface area contributed by atoms with Crippen molar-refractivity contribution in [2.45, 2.75) is 13.0 Å². The monoisotopic (exact) mass is 358 g/mol. The summed E-state index contributed by atoms with van der Waals surface area (Å²) >= 11 is 5.90. The molecule has 0 radical (unpaired) electrons. The van der Waals surface area contributed by atoms with Crippen molar-refractivity contribution < 1.29 is 14.3 Å². The number of hydrogen-bond donors (Lipinski definition) is 1. The maximum atomic E-state index is 12.5. The lowest BCUT2D eigenvalue weighted by molar-refractivity contribution is -0.0124. The highest BCUT2D eigenvalue weighted by atomic mass is 35.5. The van der Waals surface area contributed by atoms with Crippen molar-refractivity contribution in [3.05, 3.63) is 64.7 Å². The summed E-state index contributed by atoms with van der Waals surface area (Å²) in [6.07, 6.45) is 0.0500. The number of carbonyl (C=O) groups excluding carboxylic acids is 2. The molecule has 0 spiro atoms. The Bertz CT molecular complexity index is 776. The third-order valence-corrected chi connectivity index (χ3v) is 4.24. The van der Waals surface area contributed by atoms with Gasteiger partial charge >= 0.3 is 0 Å². The Hall–Kier alpha value is -2.37. The minimum Gasteiger partial charge on any atom is -0.375 e. The average molecular weight is 359 g/mol. The Morgan fingerprint density at radius 3 is 2.60 bits per heavy atom. The van der Waals surface area contributed by atoms with Crippen molar-refractivity contribution in [1.82, 2.24) is 4.90 Å². The van der Waals surface area contributed by atoms with Crippen LogP contribution in [-0.4, -0.2) is 42.5 Å². The Morgan fingerprint density at radius 1 is 1.16 bits per heavy atom. The van der Waals surface area contributed by atoms with E-state index < -0.39 is 0 Å². The number of morpholine rings is 1. The van der Waals surface area contributed by atoms with Gasteiger partial charge in [-0.05, 0) is 49.4 Å². The minimum atomic E-state index is -0.247. The molecule has 130 valence electrons. The van der Waals surface area contributed by atoms with Crippen LogP contribution in [0.1, 0.15) is 27.6 Å². The van der Waals surface area contributed by atoms with Crippen molar-refractivity contribution in [3.8, 4) is 0 Å². The van der Waals surface area contributed by atoms with Gasteiger partial charge in [0.1, 0.15) is 0 Å². The Kier molecular flexibility index (Phi) is 5.36. The molecule has 0 aliphatic carbocycles. The second-order valence-electron chi connectivity index (χ2n) is 5.97. The molecule has 3 rings (SSSR count). The highest BCUT2D eigenvalue weighted by Crippen LogP contribution is 2.16. The molecule has 1 heterocycles. The molecule has 1 unspecified atom stereocenters. The second kappa shape index (κ2) is 7.68. The molecule has 25 heavy (non-hydrogen) atoms. The molecular formula is C19H19ClN2O3. The number of hydrogen-bond acceptors (Lipinski definition) is 3. The first-order valence-corrected chi connectivity index (χ1v) is 8.48. The maximum absolute atomic E-state index is 12.5. The lowest BCUT2D eigenvalue weighted by atomic mass is 10.1. The topological polar surface area (TPSA) is 58.6 Å². The van der Waals surface area contributed by atoms with Crippen molar-refractivity contribution in [3.63, 3.8) is 0 Å². The number of carbonyl (C=O) groups is 2. The molecule has 1 fully saturated rings. The van der Waals surface area contributed by atoms with Gasteiger partial charge in [0.15, 0.2) is 0 Å². The van der Waals surface area contributed by atoms with Crippen LogP contribution in [-0.2, 0) is 4.74 Å². The smallest absolute Gasteiger partial charge is 0.255 e. The van der Waals surface area contributed by atoms with Gasteiger partial charge in [0.25, 0.3) is 11.8 Å². The Labute approximate surface area is 151 Å². The second-order valence-corrected chi connectivity index (χ2v) is 6.41. The molecule has 2 aromatic carbocycles. The summed E-state index contributed by atoms with van der Waals surface area (Å²) in [6, 6.07) is 13.6. The molecule has 1 atom stereocenters. The van der Waals surface area contributed by atoms with Crippen molar-refractivity contribution in [2.75, 3.05) is 25.0 Å². The Balaban J connectivity index is 1.65. The molecule has 1 N–H and O–H groups in total. The van der Waals surface area contributed by atoms with E-state index in [1.165, 1.54) is 0 Å².